The van der Waals surface area contributed by atoms with Gasteiger partial charge in [0.15, 0.2) is 0 Å². The molecule has 0 aromatic carbocycles. The maximum Gasteiger partial charge on any atom is 0.303 e. The van der Waals surface area contributed by atoms with E-state index >= 15 is 0 Å². The molecule has 0 spiro atoms. The van der Waals surface area contributed by atoms with Crippen molar-refractivity contribution in [1.82, 2.24) is 5.06 Å². The zero-order valence-corrected chi connectivity index (χ0v) is 13.3. The summed E-state index contributed by atoms with van der Waals surface area (Å²) < 4.78 is 0. The van der Waals surface area contributed by atoms with Crippen molar-refractivity contribution in [3.8, 4) is 0 Å². The Morgan fingerprint density at radius 1 is 1.10 bits per heavy atom. The molecule has 21 heavy (non-hydrogen) atoms. The number of nitrogens with zero attached hydrogens (tertiary/aromatic N) is 1. The fourth-order valence-electron chi connectivity index (χ4n) is 1.98. The average Bonchev–Trinajstić information content (AvgIpc) is 2.46. The standard InChI is InChI=1S/C16H29NO4/c1-3-4-5-6-7-8-9-10-12-15(18)17(21-2)14-11-13-16(19)20/h10,12H,3-9,11,13-14H2,1-2H3,(H,19,20)/b12-10+. The number of rotatable bonds is 13. The average molecular weight is 299 g/mol. The summed E-state index contributed by atoms with van der Waals surface area (Å²) in [5.41, 5.74) is 0. The molecule has 0 heterocycles. The second-order valence-corrected chi connectivity index (χ2v) is 5.08. The van der Waals surface area contributed by atoms with Gasteiger partial charge in [-0.15, -0.1) is 0 Å². The van der Waals surface area contributed by atoms with E-state index < -0.39 is 5.97 Å². The van der Waals surface area contributed by atoms with Crippen LogP contribution >= 0.6 is 0 Å². The molecule has 0 atom stereocenters. The quantitative estimate of drug-likeness (QED) is 0.321. The zero-order valence-electron chi connectivity index (χ0n) is 13.3. The van der Waals surface area contributed by atoms with Gasteiger partial charge in [0.2, 0.25) is 0 Å². The summed E-state index contributed by atoms with van der Waals surface area (Å²) in [5.74, 6) is -1.09. The van der Waals surface area contributed by atoms with Crippen molar-refractivity contribution < 1.29 is 19.5 Å². The van der Waals surface area contributed by atoms with E-state index in [2.05, 4.69) is 6.92 Å². The Kier molecular flexibility index (Phi) is 12.7. The van der Waals surface area contributed by atoms with Crippen LogP contribution in [0.1, 0.15) is 64.7 Å². The predicted molar refractivity (Wildman–Crippen MR) is 82.7 cm³/mol. The van der Waals surface area contributed by atoms with Crippen molar-refractivity contribution in [1.29, 1.82) is 0 Å². The van der Waals surface area contributed by atoms with Gasteiger partial charge in [-0.2, -0.15) is 0 Å². The first-order valence-electron chi connectivity index (χ1n) is 7.85. The van der Waals surface area contributed by atoms with Crippen LogP contribution < -0.4 is 0 Å². The maximum atomic E-state index is 11.8. The third kappa shape index (κ3) is 12.1. The highest BCUT2D eigenvalue weighted by Crippen LogP contribution is 2.07. The minimum Gasteiger partial charge on any atom is -0.481 e. The third-order valence-electron chi connectivity index (χ3n) is 3.20. The highest BCUT2D eigenvalue weighted by atomic mass is 16.7. The Hall–Kier alpha value is -1.36. The summed E-state index contributed by atoms with van der Waals surface area (Å²) in [4.78, 5) is 27.2. The van der Waals surface area contributed by atoms with Crippen molar-refractivity contribution >= 4 is 11.9 Å². The van der Waals surface area contributed by atoms with Gasteiger partial charge in [0.1, 0.15) is 0 Å². The number of amides is 1. The number of unbranched alkanes of at least 4 members (excludes halogenated alkanes) is 6. The molecule has 0 fully saturated rings. The van der Waals surface area contributed by atoms with Crippen molar-refractivity contribution in [2.45, 2.75) is 64.7 Å². The monoisotopic (exact) mass is 299 g/mol. The number of carbonyl (C=O) groups is 2. The smallest absolute Gasteiger partial charge is 0.303 e. The SMILES string of the molecule is CCCCCCCC/C=C/C(=O)N(CCCC(=O)O)OC. The van der Waals surface area contributed by atoms with Gasteiger partial charge in [0.05, 0.1) is 7.11 Å². The largest absolute Gasteiger partial charge is 0.481 e. The lowest BCUT2D eigenvalue weighted by Gasteiger charge is -2.17. The Morgan fingerprint density at radius 2 is 1.76 bits per heavy atom. The molecule has 0 unspecified atom stereocenters. The number of carboxylic acids is 1. The van der Waals surface area contributed by atoms with Gasteiger partial charge in [0, 0.05) is 19.0 Å². The van der Waals surface area contributed by atoms with E-state index in [9.17, 15) is 9.59 Å². The normalized spacial score (nSPS) is 11.0. The molecule has 122 valence electrons. The van der Waals surface area contributed by atoms with Crippen molar-refractivity contribution in [3.05, 3.63) is 12.2 Å². The molecule has 0 rings (SSSR count). The molecule has 5 nitrogen and oxygen atoms in total. The fourth-order valence-corrected chi connectivity index (χ4v) is 1.98. The molecule has 0 aliphatic carbocycles. The summed E-state index contributed by atoms with van der Waals surface area (Å²) in [6.07, 6.45) is 12.1. The van der Waals surface area contributed by atoms with Crippen LogP contribution in [0.3, 0.4) is 0 Å². The van der Waals surface area contributed by atoms with E-state index in [0.29, 0.717) is 13.0 Å². The number of allylic oxidation sites excluding steroid dienone is 1. The van der Waals surface area contributed by atoms with E-state index in [-0.39, 0.29) is 12.3 Å². The molecule has 0 aliphatic rings. The molecule has 0 aromatic heterocycles. The molecule has 0 bridgehead atoms. The van der Waals surface area contributed by atoms with E-state index in [1.807, 2.05) is 6.08 Å². The molecular weight excluding hydrogens is 270 g/mol. The highest BCUT2D eigenvalue weighted by molar-refractivity contribution is 5.86. The van der Waals surface area contributed by atoms with Gasteiger partial charge in [0.25, 0.3) is 5.91 Å². The van der Waals surface area contributed by atoms with Crippen LogP contribution in [0.2, 0.25) is 0 Å². The topological polar surface area (TPSA) is 66.8 Å². The third-order valence-corrected chi connectivity index (χ3v) is 3.20. The zero-order chi connectivity index (χ0) is 15.9. The first-order valence-corrected chi connectivity index (χ1v) is 7.85. The number of carboxylic acid groups (broad SMARTS) is 1. The Labute approximate surface area is 127 Å². The molecule has 0 aromatic rings. The molecule has 1 amide bonds. The van der Waals surface area contributed by atoms with E-state index in [4.69, 9.17) is 9.94 Å². The fraction of sp³-hybridized carbons (Fsp3) is 0.750. The molecule has 0 saturated carbocycles. The second kappa shape index (κ2) is 13.6. The summed E-state index contributed by atoms with van der Waals surface area (Å²) in [7, 11) is 1.42. The summed E-state index contributed by atoms with van der Waals surface area (Å²) in [6, 6.07) is 0. The van der Waals surface area contributed by atoms with Gasteiger partial charge in [-0.3, -0.25) is 14.4 Å². The van der Waals surface area contributed by atoms with Crippen LogP contribution in [0.25, 0.3) is 0 Å². The Balaban J connectivity index is 3.76. The van der Waals surface area contributed by atoms with Crippen LogP contribution in [0.4, 0.5) is 0 Å². The van der Waals surface area contributed by atoms with Gasteiger partial charge >= 0.3 is 5.97 Å². The Bertz CT molecular complexity index is 315. The number of hydrogen-bond acceptors (Lipinski definition) is 3. The van der Waals surface area contributed by atoms with Crippen molar-refractivity contribution in [3.63, 3.8) is 0 Å². The van der Waals surface area contributed by atoms with Gasteiger partial charge in [-0.25, -0.2) is 5.06 Å². The predicted octanol–water partition coefficient (Wildman–Crippen LogP) is 3.55. The number of hydrogen-bond donors (Lipinski definition) is 1. The number of aliphatic carboxylic acids is 1. The molecule has 0 aliphatic heterocycles. The van der Waals surface area contributed by atoms with Crippen molar-refractivity contribution in [2.75, 3.05) is 13.7 Å². The van der Waals surface area contributed by atoms with E-state index in [1.165, 1.54) is 50.4 Å². The van der Waals surface area contributed by atoms with Crippen LogP contribution in [0, 0.1) is 0 Å². The van der Waals surface area contributed by atoms with Gasteiger partial charge in [-0.1, -0.05) is 45.1 Å². The highest BCUT2D eigenvalue weighted by Gasteiger charge is 2.10. The summed E-state index contributed by atoms with van der Waals surface area (Å²) in [6.45, 7) is 2.50. The minimum absolute atomic E-state index is 0.0363. The lowest BCUT2D eigenvalue weighted by molar-refractivity contribution is -0.171. The Morgan fingerprint density at radius 3 is 2.38 bits per heavy atom. The molecular formula is C16H29NO4. The van der Waals surface area contributed by atoms with E-state index in [0.717, 1.165) is 12.8 Å². The van der Waals surface area contributed by atoms with Gasteiger partial charge < -0.3 is 5.11 Å². The molecule has 5 heteroatoms. The first kappa shape index (κ1) is 19.6. The van der Waals surface area contributed by atoms with Gasteiger partial charge in [-0.05, 0) is 19.3 Å². The second-order valence-electron chi connectivity index (χ2n) is 5.08. The first-order chi connectivity index (χ1) is 10.1. The number of hydroxylamine groups is 2. The molecule has 1 N–H and O–H groups in total. The van der Waals surface area contributed by atoms with Crippen LogP contribution in [0.5, 0.6) is 0 Å². The van der Waals surface area contributed by atoms with Crippen molar-refractivity contribution in [2.24, 2.45) is 0 Å². The molecule has 0 radical (unpaired) electrons. The molecule has 0 saturated heterocycles. The lowest BCUT2D eigenvalue weighted by atomic mass is 10.1. The lowest BCUT2D eigenvalue weighted by Crippen LogP contribution is -2.29. The van der Waals surface area contributed by atoms with E-state index in [1.54, 1.807) is 0 Å². The number of carbonyl (C=O) groups excluding carboxylic acids is 1. The minimum atomic E-state index is -0.864. The van der Waals surface area contributed by atoms with Crippen LogP contribution in [0.15, 0.2) is 12.2 Å². The summed E-state index contributed by atoms with van der Waals surface area (Å²) >= 11 is 0. The van der Waals surface area contributed by atoms with Crippen LogP contribution in [-0.4, -0.2) is 35.7 Å². The maximum absolute atomic E-state index is 11.8. The van der Waals surface area contributed by atoms with Crippen LogP contribution in [-0.2, 0) is 14.4 Å². The summed E-state index contributed by atoms with van der Waals surface area (Å²) in [5, 5.41) is 9.75.